The lowest BCUT2D eigenvalue weighted by Crippen LogP contribution is -2.14. The van der Waals surface area contributed by atoms with Gasteiger partial charge < -0.3 is 20.5 Å². The van der Waals surface area contributed by atoms with Crippen molar-refractivity contribution in [2.75, 3.05) is 38.0 Å². The van der Waals surface area contributed by atoms with E-state index < -0.39 is 0 Å². The molecule has 0 saturated carbocycles. The third-order valence-corrected chi connectivity index (χ3v) is 3.20. The number of amides is 1. The molecular formula is C14H20Cl2N2O3. The molecular weight excluding hydrogens is 315 g/mol. The first-order valence-corrected chi connectivity index (χ1v) is 7.41. The van der Waals surface area contributed by atoms with Crippen LogP contribution in [-0.4, -0.2) is 32.8 Å². The quantitative estimate of drug-likeness (QED) is 0.536. The standard InChI is InChI=1S/C14H20Cl2N2O3/c1-20-5-3-7-21-6-2-4-13(19)18-14-11(16)8-10(15)9-12(14)17/h8-9H,2-7,17H2,1H3,(H,18,19). The molecule has 0 radical (unpaired) electrons. The Hall–Kier alpha value is -1.01. The zero-order chi connectivity index (χ0) is 15.7. The number of hydrogen-bond donors (Lipinski definition) is 2. The number of nitrogen functional groups attached to an aromatic ring is 1. The van der Waals surface area contributed by atoms with Crippen LogP contribution >= 0.6 is 23.2 Å². The highest BCUT2D eigenvalue weighted by atomic mass is 35.5. The van der Waals surface area contributed by atoms with Crippen molar-refractivity contribution in [3.05, 3.63) is 22.2 Å². The van der Waals surface area contributed by atoms with Crippen LogP contribution in [0.2, 0.25) is 10.0 Å². The number of methoxy groups -OCH3 is 1. The Kier molecular flexibility index (Phi) is 8.45. The van der Waals surface area contributed by atoms with Crippen LogP contribution in [-0.2, 0) is 14.3 Å². The highest BCUT2D eigenvalue weighted by molar-refractivity contribution is 6.37. The number of rotatable bonds is 9. The van der Waals surface area contributed by atoms with E-state index in [1.54, 1.807) is 13.2 Å². The zero-order valence-electron chi connectivity index (χ0n) is 12.0. The van der Waals surface area contributed by atoms with Gasteiger partial charge in [0.2, 0.25) is 5.91 Å². The van der Waals surface area contributed by atoms with Crippen molar-refractivity contribution in [3.63, 3.8) is 0 Å². The Bertz CT molecular complexity index is 447. The van der Waals surface area contributed by atoms with Crippen molar-refractivity contribution in [1.29, 1.82) is 0 Å². The first kappa shape index (κ1) is 18.0. The molecule has 0 aliphatic rings. The van der Waals surface area contributed by atoms with Gasteiger partial charge in [-0.2, -0.15) is 0 Å². The first-order valence-electron chi connectivity index (χ1n) is 6.65. The molecule has 0 unspecified atom stereocenters. The lowest BCUT2D eigenvalue weighted by Gasteiger charge is -2.10. The van der Waals surface area contributed by atoms with Crippen LogP contribution in [0.1, 0.15) is 19.3 Å². The van der Waals surface area contributed by atoms with Crippen LogP contribution in [0, 0.1) is 0 Å². The number of hydrogen-bond acceptors (Lipinski definition) is 4. The van der Waals surface area contributed by atoms with E-state index in [2.05, 4.69) is 5.32 Å². The fourth-order valence-corrected chi connectivity index (χ4v) is 2.23. The summed E-state index contributed by atoms with van der Waals surface area (Å²) in [7, 11) is 1.65. The lowest BCUT2D eigenvalue weighted by molar-refractivity contribution is -0.116. The second-order valence-corrected chi connectivity index (χ2v) is 5.31. The molecule has 118 valence electrons. The Morgan fingerprint density at radius 3 is 2.62 bits per heavy atom. The van der Waals surface area contributed by atoms with Crippen LogP contribution < -0.4 is 11.1 Å². The van der Waals surface area contributed by atoms with Crippen LogP contribution in [0.15, 0.2) is 12.1 Å². The molecule has 0 saturated heterocycles. The number of ether oxygens (including phenoxy) is 2. The van der Waals surface area contributed by atoms with Crippen molar-refractivity contribution in [2.45, 2.75) is 19.3 Å². The lowest BCUT2D eigenvalue weighted by atomic mass is 10.2. The van der Waals surface area contributed by atoms with Gasteiger partial charge >= 0.3 is 0 Å². The van der Waals surface area contributed by atoms with Crippen molar-refractivity contribution < 1.29 is 14.3 Å². The van der Waals surface area contributed by atoms with Crippen molar-refractivity contribution in [1.82, 2.24) is 0 Å². The number of carbonyl (C=O) groups excluding carboxylic acids is 1. The maximum Gasteiger partial charge on any atom is 0.224 e. The predicted octanol–water partition coefficient (Wildman–Crippen LogP) is 3.35. The highest BCUT2D eigenvalue weighted by Crippen LogP contribution is 2.32. The molecule has 1 aromatic carbocycles. The summed E-state index contributed by atoms with van der Waals surface area (Å²) in [4.78, 5) is 11.8. The summed E-state index contributed by atoms with van der Waals surface area (Å²) in [6.07, 6.45) is 1.81. The summed E-state index contributed by atoms with van der Waals surface area (Å²) in [5.74, 6) is -0.161. The molecule has 1 amide bonds. The van der Waals surface area contributed by atoms with Gasteiger partial charge in [0.1, 0.15) is 0 Å². The largest absolute Gasteiger partial charge is 0.397 e. The fourth-order valence-electron chi connectivity index (χ4n) is 1.67. The zero-order valence-corrected chi connectivity index (χ0v) is 13.5. The number of nitrogens with two attached hydrogens (primary N) is 1. The van der Waals surface area contributed by atoms with Crippen LogP contribution in [0.25, 0.3) is 0 Å². The molecule has 0 aromatic heterocycles. The van der Waals surface area contributed by atoms with Gasteiger partial charge in [-0.15, -0.1) is 0 Å². The van der Waals surface area contributed by atoms with Crippen LogP contribution in [0.5, 0.6) is 0 Å². The molecule has 21 heavy (non-hydrogen) atoms. The molecule has 0 spiro atoms. The van der Waals surface area contributed by atoms with E-state index in [1.807, 2.05) is 0 Å². The van der Waals surface area contributed by atoms with E-state index in [-0.39, 0.29) is 5.91 Å². The third-order valence-electron chi connectivity index (χ3n) is 2.68. The number of halogens is 2. The molecule has 0 heterocycles. The van der Waals surface area contributed by atoms with Crippen molar-refractivity contribution in [2.24, 2.45) is 0 Å². The minimum atomic E-state index is -0.161. The van der Waals surface area contributed by atoms with E-state index in [0.29, 0.717) is 54.1 Å². The summed E-state index contributed by atoms with van der Waals surface area (Å²) in [6, 6.07) is 3.08. The second kappa shape index (κ2) is 9.84. The van der Waals surface area contributed by atoms with Crippen LogP contribution in [0.4, 0.5) is 11.4 Å². The molecule has 7 heteroatoms. The summed E-state index contributed by atoms with van der Waals surface area (Å²) >= 11 is 11.8. The van der Waals surface area contributed by atoms with E-state index >= 15 is 0 Å². The maximum absolute atomic E-state index is 11.8. The van der Waals surface area contributed by atoms with E-state index in [1.165, 1.54) is 6.07 Å². The number of carbonyl (C=O) groups is 1. The molecule has 0 bridgehead atoms. The van der Waals surface area contributed by atoms with E-state index in [9.17, 15) is 4.79 Å². The fraction of sp³-hybridized carbons (Fsp3) is 0.500. The minimum Gasteiger partial charge on any atom is -0.397 e. The molecule has 0 aliphatic carbocycles. The molecule has 0 aliphatic heterocycles. The first-order chi connectivity index (χ1) is 10.0. The summed E-state index contributed by atoms with van der Waals surface area (Å²) in [5, 5.41) is 3.44. The Labute approximate surface area is 134 Å². The van der Waals surface area contributed by atoms with Gasteiger partial charge in [0, 0.05) is 38.4 Å². The Balaban J connectivity index is 2.28. The van der Waals surface area contributed by atoms with Gasteiger partial charge in [-0.05, 0) is 25.0 Å². The van der Waals surface area contributed by atoms with Gasteiger partial charge in [-0.3, -0.25) is 4.79 Å². The molecule has 3 N–H and O–H groups in total. The Morgan fingerprint density at radius 2 is 1.95 bits per heavy atom. The minimum absolute atomic E-state index is 0.161. The molecule has 1 aromatic rings. The average Bonchev–Trinajstić information content (AvgIpc) is 2.42. The van der Waals surface area contributed by atoms with Gasteiger partial charge in [-0.1, -0.05) is 23.2 Å². The van der Waals surface area contributed by atoms with Gasteiger partial charge in [-0.25, -0.2) is 0 Å². The average molecular weight is 335 g/mol. The van der Waals surface area contributed by atoms with E-state index in [4.69, 9.17) is 38.4 Å². The summed E-state index contributed by atoms with van der Waals surface area (Å²) < 4.78 is 10.3. The second-order valence-electron chi connectivity index (χ2n) is 4.46. The maximum atomic E-state index is 11.8. The van der Waals surface area contributed by atoms with E-state index in [0.717, 1.165) is 6.42 Å². The third kappa shape index (κ3) is 7.00. The number of anilines is 2. The predicted molar refractivity (Wildman–Crippen MR) is 86.1 cm³/mol. The smallest absolute Gasteiger partial charge is 0.224 e. The highest BCUT2D eigenvalue weighted by Gasteiger charge is 2.10. The SMILES string of the molecule is COCCCOCCCC(=O)Nc1c(N)cc(Cl)cc1Cl. The van der Waals surface area contributed by atoms with Crippen LogP contribution in [0.3, 0.4) is 0 Å². The molecule has 0 atom stereocenters. The van der Waals surface area contributed by atoms with Crippen molar-refractivity contribution in [3.8, 4) is 0 Å². The van der Waals surface area contributed by atoms with Gasteiger partial charge in [0.15, 0.2) is 0 Å². The molecule has 1 rings (SSSR count). The normalized spacial score (nSPS) is 10.6. The number of nitrogens with one attached hydrogen (secondary N) is 1. The Morgan fingerprint density at radius 1 is 1.24 bits per heavy atom. The van der Waals surface area contributed by atoms with Crippen molar-refractivity contribution >= 4 is 40.5 Å². The van der Waals surface area contributed by atoms with Gasteiger partial charge in [0.25, 0.3) is 0 Å². The monoisotopic (exact) mass is 334 g/mol. The van der Waals surface area contributed by atoms with Gasteiger partial charge in [0.05, 0.1) is 16.4 Å². The number of benzene rings is 1. The summed E-state index contributed by atoms with van der Waals surface area (Å²) in [6.45, 7) is 1.83. The molecule has 0 fully saturated rings. The topological polar surface area (TPSA) is 73.6 Å². The molecule has 5 nitrogen and oxygen atoms in total. The summed E-state index contributed by atoms with van der Waals surface area (Å²) in [5.41, 5.74) is 6.51.